The molecule has 10 heteroatoms. The minimum atomic E-state index is -0.843. The first-order valence-electron chi connectivity index (χ1n) is 9.50. The Morgan fingerprint density at radius 3 is 2.79 bits per heavy atom. The van der Waals surface area contributed by atoms with Crippen LogP contribution >= 0.6 is 11.6 Å². The molecule has 1 aromatic carbocycles. The van der Waals surface area contributed by atoms with Crippen molar-refractivity contribution in [1.29, 1.82) is 0 Å². The van der Waals surface area contributed by atoms with Crippen molar-refractivity contribution in [3.8, 4) is 5.69 Å². The topological polar surface area (TPSA) is 74.3 Å². The minimum Gasteiger partial charge on any atom is -0.619 e. The molecule has 0 saturated carbocycles. The third kappa shape index (κ3) is 7.08. The smallest absolute Gasteiger partial charge is 0.103 e. The summed E-state index contributed by atoms with van der Waals surface area (Å²) in [5, 5.41) is 11.0. The standard InChI is InChI=1S/C19H27ClN5O2S.Y/c1-14-6-9-24(18(12-14)15(2)27-10-11-28(3)26)23-16-4-5-17(20)19(13-16)25-21-7-8-22-25;/h4-5,7-8,13-15,18H,6,9-12H2,1-3H3;/q-1;/t14-,15?,18?,28?;/m0./s1. The average molecular weight is 514 g/mol. The van der Waals surface area contributed by atoms with Gasteiger partial charge in [0.15, 0.2) is 0 Å². The van der Waals surface area contributed by atoms with Gasteiger partial charge in [-0.1, -0.05) is 24.6 Å². The number of piperidine rings is 1. The molecular formula is C19H27ClN5O2SY-. The van der Waals surface area contributed by atoms with Gasteiger partial charge in [-0.2, -0.15) is 15.0 Å². The van der Waals surface area contributed by atoms with Crippen LogP contribution in [0.5, 0.6) is 0 Å². The number of aromatic nitrogens is 3. The number of hydrogen-bond donors (Lipinski definition) is 0. The van der Waals surface area contributed by atoms with E-state index in [1.165, 1.54) is 4.80 Å². The zero-order chi connectivity index (χ0) is 20.1. The molecular weight excluding hydrogens is 487 g/mol. The first-order valence-corrected chi connectivity index (χ1v) is 11.6. The van der Waals surface area contributed by atoms with Crippen LogP contribution in [0.2, 0.25) is 5.02 Å². The van der Waals surface area contributed by atoms with Crippen molar-refractivity contribution in [2.24, 2.45) is 5.92 Å². The van der Waals surface area contributed by atoms with E-state index in [2.05, 4.69) is 29.1 Å². The number of ether oxygens (including phenoxy) is 1. The van der Waals surface area contributed by atoms with Crippen LogP contribution in [0, 0.1) is 5.92 Å². The molecule has 0 aliphatic carbocycles. The molecule has 1 aliphatic heterocycles. The molecule has 1 aromatic heterocycles. The summed E-state index contributed by atoms with van der Waals surface area (Å²) in [7, 11) is -0.843. The summed E-state index contributed by atoms with van der Waals surface area (Å²) < 4.78 is 17.3. The Hall–Kier alpha value is -0.376. The second kappa shape index (κ2) is 11.9. The van der Waals surface area contributed by atoms with Gasteiger partial charge in [0.05, 0.1) is 30.1 Å². The number of benzene rings is 1. The van der Waals surface area contributed by atoms with Crippen LogP contribution in [-0.4, -0.2) is 61.5 Å². The second-order valence-corrected chi connectivity index (χ2v) is 9.23. The summed E-state index contributed by atoms with van der Waals surface area (Å²) in [6, 6.07) is 5.78. The molecule has 1 saturated heterocycles. The van der Waals surface area contributed by atoms with Crippen molar-refractivity contribution in [2.75, 3.05) is 25.2 Å². The fraction of sp³-hybridized carbons (Fsp3) is 0.579. The van der Waals surface area contributed by atoms with Gasteiger partial charge in [-0.15, -0.1) is 5.69 Å². The van der Waals surface area contributed by atoms with E-state index in [4.69, 9.17) is 21.8 Å². The Morgan fingerprint density at radius 1 is 1.38 bits per heavy atom. The van der Waals surface area contributed by atoms with Gasteiger partial charge in [0.25, 0.3) is 0 Å². The molecule has 1 fully saturated rings. The van der Waals surface area contributed by atoms with E-state index in [1.807, 2.05) is 18.2 Å². The van der Waals surface area contributed by atoms with E-state index in [0.717, 1.165) is 25.1 Å². The number of nitrogens with zero attached hydrogens (tertiary/aromatic N) is 5. The molecule has 29 heavy (non-hydrogen) atoms. The first-order chi connectivity index (χ1) is 13.4. The third-order valence-corrected chi connectivity index (χ3v) is 6.04. The molecule has 157 valence electrons. The van der Waals surface area contributed by atoms with E-state index in [0.29, 0.717) is 29.0 Å². The van der Waals surface area contributed by atoms with Crippen LogP contribution in [-0.2, 0) is 48.2 Å². The largest absolute Gasteiger partial charge is 0.619 e. The second-order valence-electron chi connectivity index (χ2n) is 7.27. The van der Waals surface area contributed by atoms with Gasteiger partial charge < -0.3 is 15.2 Å². The maximum absolute atomic E-state index is 11.3. The summed E-state index contributed by atoms with van der Waals surface area (Å²) in [5.74, 6) is 1.18. The quantitative estimate of drug-likeness (QED) is 0.538. The normalized spacial score (nSPS) is 21.9. The molecule has 0 spiro atoms. The zero-order valence-corrected chi connectivity index (χ0v) is 21.5. The molecule has 1 aliphatic rings. The molecule has 1 radical (unpaired) electrons. The molecule has 7 nitrogen and oxygen atoms in total. The van der Waals surface area contributed by atoms with E-state index >= 15 is 0 Å². The predicted octanol–water partition coefficient (Wildman–Crippen LogP) is 3.72. The van der Waals surface area contributed by atoms with Crippen LogP contribution < -0.4 is 0 Å². The third-order valence-electron chi connectivity index (χ3n) is 4.98. The van der Waals surface area contributed by atoms with Crippen molar-refractivity contribution in [3.05, 3.63) is 41.0 Å². The Balaban J connectivity index is 0.00000300. The van der Waals surface area contributed by atoms with Gasteiger partial charge in [0.1, 0.15) is 5.69 Å². The van der Waals surface area contributed by atoms with Crippen LogP contribution in [0.1, 0.15) is 26.7 Å². The van der Waals surface area contributed by atoms with Gasteiger partial charge >= 0.3 is 0 Å². The average Bonchev–Trinajstić information content (AvgIpc) is 3.18. The molecule has 3 rings (SSSR count). The molecule has 2 aromatic rings. The van der Waals surface area contributed by atoms with Crippen molar-refractivity contribution in [3.63, 3.8) is 0 Å². The van der Waals surface area contributed by atoms with E-state index < -0.39 is 10.8 Å². The summed E-state index contributed by atoms with van der Waals surface area (Å²) in [4.78, 5) is 1.49. The van der Waals surface area contributed by atoms with Crippen LogP contribution in [0.4, 0.5) is 5.69 Å². The molecule has 4 atom stereocenters. The molecule has 0 bridgehead atoms. The molecule has 0 amide bonds. The Bertz CT molecular complexity index is 795. The SMILES string of the molecule is CC(OCCS(C)=O)C1C[C@@H](C)CCN1[N-]c1ccc(Cl)c(-n2nccn2)c1.[Y]. The monoisotopic (exact) mass is 513 g/mol. The van der Waals surface area contributed by atoms with Gasteiger partial charge in [-0.25, -0.2) is 0 Å². The Labute approximate surface area is 205 Å². The number of rotatable bonds is 8. The van der Waals surface area contributed by atoms with Gasteiger partial charge in [-0.05, 0) is 44.4 Å². The maximum atomic E-state index is 11.3. The van der Waals surface area contributed by atoms with E-state index in [1.54, 1.807) is 18.6 Å². The van der Waals surface area contributed by atoms with Crippen molar-refractivity contribution >= 4 is 28.1 Å². The summed E-state index contributed by atoms with van der Waals surface area (Å²) in [6.45, 7) is 5.71. The summed E-state index contributed by atoms with van der Waals surface area (Å²) in [5.41, 5.74) is 6.38. The van der Waals surface area contributed by atoms with Crippen LogP contribution in [0.3, 0.4) is 0 Å². The summed E-state index contributed by atoms with van der Waals surface area (Å²) >= 11 is 6.31. The predicted molar refractivity (Wildman–Crippen MR) is 113 cm³/mol. The van der Waals surface area contributed by atoms with Crippen LogP contribution in [0.15, 0.2) is 30.6 Å². The first kappa shape index (κ1) is 24.9. The fourth-order valence-electron chi connectivity index (χ4n) is 3.40. The number of hydrogen-bond acceptors (Lipinski definition) is 5. The minimum absolute atomic E-state index is 0. The molecule has 3 unspecified atom stereocenters. The van der Waals surface area contributed by atoms with E-state index in [-0.39, 0.29) is 44.9 Å². The molecule has 2 heterocycles. The Kier molecular flexibility index (Phi) is 10.2. The zero-order valence-electron chi connectivity index (χ0n) is 17.1. The Morgan fingerprint density at radius 2 is 2.10 bits per heavy atom. The maximum Gasteiger partial charge on any atom is 0.103 e. The summed E-state index contributed by atoms with van der Waals surface area (Å²) in [6.07, 6.45) is 7.04. The van der Waals surface area contributed by atoms with Crippen molar-refractivity contribution in [2.45, 2.75) is 38.8 Å². The van der Waals surface area contributed by atoms with Crippen molar-refractivity contribution < 1.29 is 41.7 Å². The fourth-order valence-corrected chi connectivity index (χ4v) is 3.92. The van der Waals surface area contributed by atoms with Gasteiger partial charge in [0.2, 0.25) is 0 Å². The van der Waals surface area contributed by atoms with Gasteiger partial charge in [0, 0.05) is 61.6 Å². The number of halogens is 1. The molecule has 0 N–H and O–H groups in total. The van der Waals surface area contributed by atoms with E-state index in [9.17, 15) is 4.21 Å². The van der Waals surface area contributed by atoms with Crippen LogP contribution in [0.25, 0.3) is 11.1 Å². The van der Waals surface area contributed by atoms with Crippen molar-refractivity contribution in [1.82, 2.24) is 20.0 Å². The van der Waals surface area contributed by atoms with Gasteiger partial charge in [-0.3, -0.25) is 4.21 Å².